The summed E-state index contributed by atoms with van der Waals surface area (Å²) in [5.74, 6) is 1.01. The van der Waals surface area contributed by atoms with Crippen molar-refractivity contribution in [2.45, 2.75) is 33.2 Å². The molecule has 0 fully saturated rings. The molecule has 0 N–H and O–H groups in total. The van der Waals surface area contributed by atoms with Gasteiger partial charge in [-0.05, 0) is 65.1 Å². The summed E-state index contributed by atoms with van der Waals surface area (Å²) in [7, 11) is 0. The molecule has 47 heavy (non-hydrogen) atoms. The van der Waals surface area contributed by atoms with Crippen molar-refractivity contribution in [2.24, 2.45) is 15.9 Å². The second-order valence-corrected chi connectivity index (χ2v) is 14.9. The second kappa shape index (κ2) is 12.4. The van der Waals surface area contributed by atoms with Crippen LogP contribution in [0.15, 0.2) is 131 Å². The van der Waals surface area contributed by atoms with Crippen LogP contribution >= 0.6 is 34.3 Å². The average molecular weight is 665 g/mol. The van der Waals surface area contributed by atoms with Crippen LogP contribution in [0, 0.1) is 5.92 Å². The number of hydrogen-bond donors (Lipinski definition) is 0. The van der Waals surface area contributed by atoms with Gasteiger partial charge < -0.3 is 0 Å². The van der Waals surface area contributed by atoms with Crippen LogP contribution in [0.3, 0.4) is 0 Å². The summed E-state index contributed by atoms with van der Waals surface area (Å²) >= 11 is 10.5. The monoisotopic (exact) mass is 664 g/mol. The first-order valence-electron chi connectivity index (χ1n) is 16.1. The summed E-state index contributed by atoms with van der Waals surface area (Å²) in [6.45, 7) is 6.64. The van der Waals surface area contributed by atoms with E-state index in [0.717, 1.165) is 39.5 Å². The molecule has 2 nitrogen and oxygen atoms in total. The molecule has 2 unspecified atom stereocenters. The summed E-state index contributed by atoms with van der Waals surface area (Å²) < 4.78 is 5.08. The fourth-order valence-corrected chi connectivity index (χ4v) is 9.25. The van der Waals surface area contributed by atoms with Crippen molar-refractivity contribution in [1.82, 2.24) is 0 Å². The zero-order valence-corrected chi connectivity index (χ0v) is 28.9. The lowest BCUT2D eigenvalue weighted by molar-refractivity contribution is 0.461. The number of benzene rings is 6. The lowest BCUT2D eigenvalue weighted by Gasteiger charge is -2.22. The van der Waals surface area contributed by atoms with Crippen molar-refractivity contribution >= 4 is 96.9 Å². The van der Waals surface area contributed by atoms with Gasteiger partial charge in [0.15, 0.2) is 5.84 Å². The molecule has 2 atom stereocenters. The van der Waals surface area contributed by atoms with E-state index in [4.69, 9.17) is 21.6 Å². The van der Waals surface area contributed by atoms with Crippen molar-refractivity contribution in [3.63, 3.8) is 0 Å². The lowest BCUT2D eigenvalue weighted by atomic mass is 9.91. The van der Waals surface area contributed by atoms with E-state index < -0.39 is 0 Å². The van der Waals surface area contributed by atoms with Crippen LogP contribution in [-0.2, 0) is 0 Å². The molecular formula is C42H33ClN2S2. The molecule has 6 aromatic carbocycles. The maximum Gasteiger partial charge on any atom is 0.156 e. The molecule has 0 spiro atoms. The van der Waals surface area contributed by atoms with Crippen molar-refractivity contribution in [1.29, 1.82) is 0 Å². The van der Waals surface area contributed by atoms with Gasteiger partial charge in [0.2, 0.25) is 0 Å². The Labute approximate surface area is 287 Å². The van der Waals surface area contributed by atoms with Gasteiger partial charge >= 0.3 is 0 Å². The number of fused-ring (bicyclic) bond motifs is 7. The summed E-state index contributed by atoms with van der Waals surface area (Å²) in [4.78, 5) is 11.0. The third-order valence-corrected chi connectivity index (χ3v) is 11.9. The molecule has 8 aromatic rings. The minimum Gasteiger partial charge on any atom is -0.258 e. The molecule has 230 valence electrons. The Hall–Kier alpha value is -4.35. The van der Waals surface area contributed by atoms with E-state index in [1.165, 1.54) is 51.3 Å². The van der Waals surface area contributed by atoms with Gasteiger partial charge in [0.1, 0.15) is 0 Å². The highest BCUT2D eigenvalue weighted by atomic mass is 35.5. The third-order valence-electron chi connectivity index (χ3n) is 9.34. The van der Waals surface area contributed by atoms with E-state index in [-0.39, 0.29) is 12.0 Å². The van der Waals surface area contributed by atoms with Crippen LogP contribution in [-0.4, -0.2) is 11.5 Å². The lowest BCUT2D eigenvalue weighted by Crippen LogP contribution is -2.12. The standard InChI is InChI=1S/C42H33ClN2S2/c1-4-25(2)40(36-24-29(43)23-35-32-16-8-10-19-38(32)47-41(35)36)45-42(34-17-11-13-27-12-5-6-14-30(27)34)44-26(3)28-20-21-33-31-15-7-9-18-37(31)46-39(33)22-28/h5-25,40H,4H2,1-3H3/b44-26+,45-42-. The normalized spacial score (nSPS) is 14.1. The summed E-state index contributed by atoms with van der Waals surface area (Å²) in [5, 5.41) is 8.08. The Morgan fingerprint density at radius 1 is 0.681 bits per heavy atom. The SMILES string of the molecule is CCC(C)C(/N=C(\N=C(/C)c1ccc2c(c1)sc1ccccc12)c1cccc2ccccc12)c1cc(Cl)cc2c1sc1ccccc12. The molecule has 2 heterocycles. The highest BCUT2D eigenvalue weighted by molar-refractivity contribution is 7.26. The topological polar surface area (TPSA) is 24.7 Å². The zero-order valence-electron chi connectivity index (χ0n) is 26.5. The van der Waals surface area contributed by atoms with Crippen molar-refractivity contribution in [3.05, 3.63) is 143 Å². The third kappa shape index (κ3) is 5.45. The molecule has 0 radical (unpaired) electrons. The van der Waals surface area contributed by atoms with Gasteiger partial charge in [-0.15, -0.1) is 22.7 Å². The summed E-state index contributed by atoms with van der Waals surface area (Å²) in [5.41, 5.74) is 4.25. The molecule has 2 aromatic heterocycles. The Bertz CT molecular complexity index is 2510. The first-order valence-corrected chi connectivity index (χ1v) is 18.1. The van der Waals surface area contributed by atoms with Gasteiger partial charge in [-0.3, -0.25) is 4.99 Å². The highest BCUT2D eigenvalue weighted by Gasteiger charge is 2.24. The minimum absolute atomic E-state index is 0.134. The van der Waals surface area contributed by atoms with Crippen LogP contribution < -0.4 is 0 Å². The van der Waals surface area contributed by atoms with E-state index in [1.54, 1.807) is 0 Å². The van der Waals surface area contributed by atoms with Gasteiger partial charge in [0, 0.05) is 56.6 Å². The fourth-order valence-electron chi connectivity index (χ4n) is 6.65. The van der Waals surface area contributed by atoms with Crippen molar-refractivity contribution < 1.29 is 0 Å². The number of aliphatic imine (C=N–C) groups is 2. The second-order valence-electron chi connectivity index (χ2n) is 12.3. The molecular weight excluding hydrogens is 632 g/mol. The number of rotatable bonds is 6. The van der Waals surface area contributed by atoms with Gasteiger partial charge in [-0.1, -0.05) is 123 Å². The van der Waals surface area contributed by atoms with E-state index in [0.29, 0.717) is 0 Å². The van der Waals surface area contributed by atoms with Gasteiger partial charge in [0.05, 0.1) is 6.04 Å². The fraction of sp³-hybridized carbons (Fsp3) is 0.143. The van der Waals surface area contributed by atoms with Crippen LogP contribution in [0.2, 0.25) is 5.02 Å². The molecule has 5 heteroatoms. The number of nitrogens with zero attached hydrogens (tertiary/aromatic N) is 2. The Morgan fingerprint density at radius 2 is 1.34 bits per heavy atom. The van der Waals surface area contributed by atoms with Crippen molar-refractivity contribution in [2.75, 3.05) is 0 Å². The molecule has 8 rings (SSSR count). The average Bonchev–Trinajstić information content (AvgIpc) is 3.67. The van der Waals surface area contributed by atoms with E-state index in [2.05, 4.69) is 142 Å². The first kappa shape index (κ1) is 30.0. The molecule has 0 saturated carbocycles. The van der Waals surface area contributed by atoms with E-state index in [1.807, 2.05) is 22.7 Å². The number of hydrogen-bond acceptors (Lipinski definition) is 3. The smallest absolute Gasteiger partial charge is 0.156 e. The predicted molar refractivity (Wildman–Crippen MR) is 209 cm³/mol. The number of halogens is 1. The van der Waals surface area contributed by atoms with Crippen LogP contribution in [0.5, 0.6) is 0 Å². The molecule has 0 aliphatic heterocycles. The van der Waals surface area contributed by atoms with Gasteiger partial charge in [-0.2, -0.15) is 0 Å². The summed E-state index contributed by atoms with van der Waals surface area (Å²) in [6, 6.07) is 43.0. The molecule has 0 bridgehead atoms. The zero-order chi connectivity index (χ0) is 32.1. The van der Waals surface area contributed by atoms with Gasteiger partial charge in [0.25, 0.3) is 0 Å². The van der Waals surface area contributed by atoms with Crippen LogP contribution in [0.1, 0.15) is 49.9 Å². The molecule has 0 amide bonds. The molecule has 0 saturated heterocycles. The molecule has 0 aliphatic carbocycles. The maximum atomic E-state index is 6.88. The molecule has 0 aliphatic rings. The van der Waals surface area contributed by atoms with E-state index in [9.17, 15) is 0 Å². The van der Waals surface area contributed by atoms with Crippen molar-refractivity contribution in [3.8, 4) is 0 Å². The van der Waals surface area contributed by atoms with E-state index >= 15 is 0 Å². The number of amidine groups is 1. The maximum absolute atomic E-state index is 6.88. The summed E-state index contributed by atoms with van der Waals surface area (Å²) in [6.07, 6.45) is 0.973. The predicted octanol–water partition coefficient (Wildman–Crippen LogP) is 13.3. The van der Waals surface area contributed by atoms with Crippen LogP contribution in [0.4, 0.5) is 0 Å². The Kier molecular flexibility index (Phi) is 7.89. The quantitative estimate of drug-likeness (QED) is 0.125. The largest absolute Gasteiger partial charge is 0.258 e. The number of thiophene rings is 2. The first-order chi connectivity index (χ1) is 23.0. The Balaban J connectivity index is 1.35. The van der Waals surface area contributed by atoms with Gasteiger partial charge in [-0.25, -0.2) is 4.99 Å². The Morgan fingerprint density at radius 3 is 2.13 bits per heavy atom. The minimum atomic E-state index is -0.134. The van der Waals surface area contributed by atoms with Crippen LogP contribution in [0.25, 0.3) is 51.1 Å². The highest BCUT2D eigenvalue weighted by Crippen LogP contribution is 2.43.